The van der Waals surface area contributed by atoms with Crippen molar-refractivity contribution in [2.75, 3.05) is 0 Å². The number of carbonyl (C=O) groups is 1. The van der Waals surface area contributed by atoms with E-state index in [1.54, 1.807) is 0 Å². The summed E-state index contributed by atoms with van der Waals surface area (Å²) in [7, 11) is 0. The molecule has 0 radical (unpaired) electrons. The minimum atomic E-state index is 0.131. The van der Waals surface area contributed by atoms with Crippen LogP contribution >= 0.6 is 11.6 Å². The highest BCUT2D eigenvalue weighted by Crippen LogP contribution is 2.64. The van der Waals surface area contributed by atoms with Crippen molar-refractivity contribution in [1.82, 2.24) is 5.32 Å². The van der Waals surface area contributed by atoms with Gasteiger partial charge in [-0.15, -0.1) is 0 Å². The molecule has 60 valence electrons. The molecular weight excluding hydrogens is 162 g/mol. The summed E-state index contributed by atoms with van der Waals surface area (Å²) >= 11 is 5.55. The molecule has 3 heteroatoms. The minimum absolute atomic E-state index is 0.131. The van der Waals surface area contributed by atoms with Gasteiger partial charge in [-0.25, -0.2) is 0 Å². The van der Waals surface area contributed by atoms with Gasteiger partial charge in [0.25, 0.3) is 0 Å². The molecule has 1 aliphatic heterocycles. The normalized spacial score (nSPS) is 42.1. The van der Waals surface area contributed by atoms with Crippen molar-refractivity contribution < 1.29 is 4.79 Å². The maximum atomic E-state index is 11.2. The Balaban J connectivity index is 2.33. The molecule has 2 nitrogen and oxygen atoms in total. The molecule has 1 saturated heterocycles. The number of fused-ring (bicyclic) bond motifs is 1. The predicted molar refractivity (Wildman–Crippen MR) is 42.8 cm³/mol. The van der Waals surface area contributed by atoms with E-state index in [4.69, 9.17) is 11.6 Å². The lowest BCUT2D eigenvalue weighted by atomic mass is 10.1. The van der Waals surface area contributed by atoms with Crippen molar-refractivity contribution in [3.63, 3.8) is 0 Å². The molecule has 1 N–H and O–H groups in total. The summed E-state index contributed by atoms with van der Waals surface area (Å²) in [5.41, 5.74) is 2.52. The average Bonchev–Trinajstić information content (AvgIpc) is 2.37. The zero-order chi connectivity index (χ0) is 8.22. The lowest BCUT2D eigenvalue weighted by molar-refractivity contribution is -0.121. The van der Waals surface area contributed by atoms with Crippen LogP contribution in [0.1, 0.15) is 13.8 Å². The molecule has 0 aromatic rings. The molecule has 1 heterocycles. The zero-order valence-corrected chi connectivity index (χ0v) is 7.27. The van der Waals surface area contributed by atoms with E-state index in [0.717, 1.165) is 5.70 Å². The van der Waals surface area contributed by atoms with Crippen LogP contribution in [0.3, 0.4) is 0 Å². The number of carbonyl (C=O) groups excluding carboxylic acids is 1. The van der Waals surface area contributed by atoms with E-state index in [0.29, 0.717) is 5.92 Å². The van der Waals surface area contributed by atoms with Crippen molar-refractivity contribution in [1.29, 1.82) is 0 Å². The summed E-state index contributed by atoms with van der Waals surface area (Å²) in [5.74, 6) is 0.659. The number of hydrogen-bond acceptors (Lipinski definition) is 1. The molecule has 0 aromatic heterocycles. The topological polar surface area (TPSA) is 29.1 Å². The van der Waals surface area contributed by atoms with Crippen LogP contribution < -0.4 is 5.32 Å². The Hall–Kier alpha value is -0.500. The van der Waals surface area contributed by atoms with Crippen LogP contribution in [0.2, 0.25) is 0 Å². The largest absolute Gasteiger partial charge is 0.328 e. The highest BCUT2D eigenvalue weighted by molar-refractivity contribution is 6.26. The number of hydrogen-bond donors (Lipinski definition) is 1. The molecule has 0 unspecified atom stereocenters. The Morgan fingerprint density at radius 1 is 1.55 bits per heavy atom. The van der Waals surface area contributed by atoms with Crippen molar-refractivity contribution in [3.05, 3.63) is 11.2 Å². The summed E-state index contributed by atoms with van der Waals surface area (Å²) in [5, 5.41) is 2.75. The number of halogens is 1. The smallest absolute Gasteiger partial charge is 0.228 e. The fourth-order valence-corrected chi connectivity index (χ4v) is 2.29. The van der Waals surface area contributed by atoms with Gasteiger partial charge in [0, 0.05) is 17.2 Å². The van der Waals surface area contributed by atoms with Crippen molar-refractivity contribution in [3.8, 4) is 0 Å². The maximum Gasteiger partial charge on any atom is 0.228 e. The second-order valence-corrected chi connectivity index (χ2v) is 4.05. The summed E-state index contributed by atoms with van der Waals surface area (Å²) in [6.45, 7) is 4.20. The van der Waals surface area contributed by atoms with Crippen LogP contribution in [-0.4, -0.2) is 5.91 Å². The Kier molecular flexibility index (Phi) is 1.18. The molecule has 2 fully saturated rings. The molecule has 2 atom stereocenters. The van der Waals surface area contributed by atoms with Gasteiger partial charge in [-0.3, -0.25) is 4.79 Å². The van der Waals surface area contributed by atoms with Gasteiger partial charge in [0.15, 0.2) is 0 Å². The second kappa shape index (κ2) is 1.81. The van der Waals surface area contributed by atoms with Crippen LogP contribution in [0.5, 0.6) is 0 Å². The fraction of sp³-hybridized carbons (Fsp3) is 0.625. The number of piperidine rings is 1. The number of allylic oxidation sites excluding steroid dienone is 1. The summed E-state index contributed by atoms with van der Waals surface area (Å²) in [4.78, 5) is 11.2. The molecule has 0 aromatic carbocycles. The quantitative estimate of drug-likeness (QED) is 0.588. The van der Waals surface area contributed by atoms with Crippen LogP contribution in [0.15, 0.2) is 11.2 Å². The van der Waals surface area contributed by atoms with Crippen LogP contribution in [0.25, 0.3) is 0 Å². The third kappa shape index (κ3) is 0.707. The molecule has 1 saturated carbocycles. The first kappa shape index (κ1) is 7.17. The van der Waals surface area contributed by atoms with Crippen molar-refractivity contribution in [2.24, 2.45) is 17.3 Å². The van der Waals surface area contributed by atoms with Crippen LogP contribution in [0, 0.1) is 17.3 Å². The predicted octanol–water partition coefficient (Wildman–Crippen LogP) is 1.47. The maximum absolute atomic E-state index is 11.2. The van der Waals surface area contributed by atoms with Crippen LogP contribution in [-0.2, 0) is 4.79 Å². The van der Waals surface area contributed by atoms with E-state index < -0.39 is 0 Å². The van der Waals surface area contributed by atoms with Gasteiger partial charge in [-0.1, -0.05) is 25.4 Å². The molecule has 11 heavy (non-hydrogen) atoms. The van der Waals surface area contributed by atoms with Gasteiger partial charge in [0.1, 0.15) is 0 Å². The third-order valence-electron chi connectivity index (χ3n) is 2.83. The lowest BCUT2D eigenvalue weighted by Gasteiger charge is -2.09. The van der Waals surface area contributed by atoms with E-state index in [1.807, 2.05) is 0 Å². The van der Waals surface area contributed by atoms with Gasteiger partial charge in [0.05, 0.1) is 5.92 Å². The third-order valence-corrected chi connectivity index (χ3v) is 3.07. The Morgan fingerprint density at radius 2 is 2.18 bits per heavy atom. The van der Waals surface area contributed by atoms with Crippen LogP contribution in [0.4, 0.5) is 0 Å². The highest BCUT2D eigenvalue weighted by Gasteiger charge is 2.67. The van der Waals surface area contributed by atoms with E-state index in [1.165, 1.54) is 5.54 Å². The van der Waals surface area contributed by atoms with E-state index in [-0.39, 0.29) is 17.2 Å². The van der Waals surface area contributed by atoms with E-state index in [2.05, 4.69) is 19.2 Å². The summed E-state index contributed by atoms with van der Waals surface area (Å²) in [6, 6.07) is 0. The van der Waals surface area contributed by atoms with Gasteiger partial charge in [0.2, 0.25) is 5.91 Å². The van der Waals surface area contributed by atoms with Crippen molar-refractivity contribution in [2.45, 2.75) is 13.8 Å². The van der Waals surface area contributed by atoms with Crippen molar-refractivity contribution >= 4 is 17.5 Å². The van der Waals surface area contributed by atoms with Gasteiger partial charge < -0.3 is 5.32 Å². The van der Waals surface area contributed by atoms with E-state index >= 15 is 0 Å². The molecule has 1 amide bonds. The number of nitrogens with one attached hydrogen (secondary N) is 1. The monoisotopic (exact) mass is 171 g/mol. The Morgan fingerprint density at radius 3 is 2.45 bits per heavy atom. The molecule has 2 aliphatic rings. The Bertz CT molecular complexity index is 257. The standard InChI is InChI=1S/C8H10ClNO/c1-8(2)5-4(3-9)10-7(11)6(5)8/h3,5-6H,1-2H3,(H,10,11)/b4-3+/t5-,6-/m1/s1. The highest BCUT2D eigenvalue weighted by atomic mass is 35.5. The first-order valence-electron chi connectivity index (χ1n) is 3.70. The lowest BCUT2D eigenvalue weighted by Crippen LogP contribution is -2.23. The molecule has 1 aliphatic carbocycles. The first-order valence-corrected chi connectivity index (χ1v) is 4.14. The minimum Gasteiger partial charge on any atom is -0.328 e. The molecule has 0 spiro atoms. The number of amides is 1. The van der Waals surface area contributed by atoms with E-state index in [9.17, 15) is 4.79 Å². The fourth-order valence-electron chi connectivity index (χ4n) is 2.10. The summed E-state index contributed by atoms with van der Waals surface area (Å²) < 4.78 is 0. The van der Waals surface area contributed by atoms with Gasteiger partial charge in [-0.2, -0.15) is 0 Å². The zero-order valence-electron chi connectivity index (χ0n) is 6.52. The number of rotatable bonds is 0. The van der Waals surface area contributed by atoms with Gasteiger partial charge in [-0.05, 0) is 5.41 Å². The molecule has 2 rings (SSSR count). The molecule has 0 bridgehead atoms. The SMILES string of the molecule is CC1(C)[C@@H]2/C(=C\Cl)NC(=O)[C@@H]21. The second-order valence-electron chi connectivity index (χ2n) is 3.83. The average molecular weight is 172 g/mol. The molecular formula is C8H10ClNO. The van der Waals surface area contributed by atoms with Gasteiger partial charge >= 0.3 is 0 Å². The first-order chi connectivity index (χ1) is 5.09. The Labute approximate surface area is 70.6 Å². The summed E-state index contributed by atoms with van der Waals surface area (Å²) in [6.07, 6.45) is 0.